The standard InChI is InChI=1S/C15H15N3O5S/c1-9(10-4-3-5-12(6-10)18(21)22)24-15-16-11(7-13(19)17-15)8-14(20)23-2/h3-7,9H,8H2,1-2H3,(H,16,17,19)/t9-/m0/s1. The summed E-state index contributed by atoms with van der Waals surface area (Å²) in [5.74, 6) is -0.490. The fourth-order valence-corrected chi connectivity index (χ4v) is 2.92. The number of aromatic nitrogens is 2. The maximum absolute atomic E-state index is 11.7. The smallest absolute Gasteiger partial charge is 0.311 e. The van der Waals surface area contributed by atoms with Crippen LogP contribution < -0.4 is 5.56 Å². The van der Waals surface area contributed by atoms with Crippen LogP contribution in [0.3, 0.4) is 0 Å². The number of hydrogen-bond acceptors (Lipinski definition) is 7. The zero-order chi connectivity index (χ0) is 17.7. The van der Waals surface area contributed by atoms with E-state index in [1.165, 1.54) is 37.1 Å². The van der Waals surface area contributed by atoms with Gasteiger partial charge in [0, 0.05) is 23.4 Å². The number of nitro benzene ring substituents is 1. The maximum Gasteiger partial charge on any atom is 0.311 e. The topological polar surface area (TPSA) is 115 Å². The van der Waals surface area contributed by atoms with Crippen molar-refractivity contribution in [2.24, 2.45) is 0 Å². The Hall–Kier alpha value is -2.68. The van der Waals surface area contributed by atoms with Crippen molar-refractivity contribution in [2.75, 3.05) is 7.11 Å². The molecule has 0 saturated carbocycles. The number of thioether (sulfide) groups is 1. The van der Waals surface area contributed by atoms with E-state index in [1.54, 1.807) is 12.1 Å². The lowest BCUT2D eigenvalue weighted by Gasteiger charge is -2.11. The van der Waals surface area contributed by atoms with Gasteiger partial charge in [-0.05, 0) is 12.5 Å². The summed E-state index contributed by atoms with van der Waals surface area (Å²) in [6.07, 6.45) is -0.0980. The number of esters is 1. The molecular weight excluding hydrogens is 334 g/mol. The molecular formula is C15H15N3O5S. The number of aromatic amines is 1. The molecule has 1 aromatic carbocycles. The predicted octanol–water partition coefficient (Wildman–Crippen LogP) is 2.25. The third-order valence-electron chi connectivity index (χ3n) is 3.16. The van der Waals surface area contributed by atoms with E-state index in [2.05, 4.69) is 14.7 Å². The van der Waals surface area contributed by atoms with Crippen LogP contribution in [0, 0.1) is 10.1 Å². The normalized spacial score (nSPS) is 11.8. The zero-order valence-electron chi connectivity index (χ0n) is 13.0. The van der Waals surface area contributed by atoms with E-state index >= 15 is 0 Å². The molecule has 0 spiro atoms. The number of carbonyl (C=O) groups excluding carboxylic acids is 1. The number of methoxy groups -OCH3 is 1. The predicted molar refractivity (Wildman–Crippen MR) is 87.9 cm³/mol. The molecule has 0 aliphatic rings. The van der Waals surface area contributed by atoms with Gasteiger partial charge in [-0.2, -0.15) is 0 Å². The Morgan fingerprint density at radius 2 is 2.21 bits per heavy atom. The van der Waals surface area contributed by atoms with Crippen molar-refractivity contribution in [2.45, 2.75) is 23.8 Å². The number of H-pyrrole nitrogens is 1. The van der Waals surface area contributed by atoms with Gasteiger partial charge in [-0.1, -0.05) is 23.9 Å². The molecule has 0 unspecified atom stereocenters. The number of ether oxygens (including phenoxy) is 1. The van der Waals surface area contributed by atoms with Gasteiger partial charge in [0.05, 0.1) is 24.1 Å². The minimum atomic E-state index is -0.490. The third kappa shape index (κ3) is 4.66. The van der Waals surface area contributed by atoms with Crippen LogP contribution in [0.25, 0.3) is 0 Å². The van der Waals surface area contributed by atoms with Crippen molar-refractivity contribution < 1.29 is 14.5 Å². The maximum atomic E-state index is 11.7. The number of hydrogen-bond donors (Lipinski definition) is 1. The first-order valence-electron chi connectivity index (χ1n) is 6.97. The molecule has 1 heterocycles. The van der Waals surface area contributed by atoms with Gasteiger partial charge in [-0.25, -0.2) is 4.98 Å². The fraction of sp³-hybridized carbons (Fsp3) is 0.267. The number of nitrogens with one attached hydrogen (secondary N) is 1. The molecule has 9 heteroatoms. The largest absolute Gasteiger partial charge is 0.469 e. The van der Waals surface area contributed by atoms with Crippen LogP contribution in [0.1, 0.15) is 23.4 Å². The number of benzene rings is 1. The minimum absolute atomic E-state index is 0.000782. The number of nitrogens with zero attached hydrogens (tertiary/aromatic N) is 2. The lowest BCUT2D eigenvalue weighted by molar-refractivity contribution is -0.384. The van der Waals surface area contributed by atoms with Gasteiger partial charge in [0.1, 0.15) is 0 Å². The van der Waals surface area contributed by atoms with Crippen molar-refractivity contribution in [3.8, 4) is 0 Å². The lowest BCUT2D eigenvalue weighted by Crippen LogP contribution is -2.14. The first-order chi connectivity index (χ1) is 11.4. The number of nitro groups is 1. The van der Waals surface area contributed by atoms with E-state index in [0.717, 1.165) is 5.56 Å². The van der Waals surface area contributed by atoms with Gasteiger partial charge in [0.15, 0.2) is 5.16 Å². The highest BCUT2D eigenvalue weighted by Gasteiger charge is 2.14. The summed E-state index contributed by atoms with van der Waals surface area (Å²) in [6.45, 7) is 1.84. The highest BCUT2D eigenvalue weighted by atomic mass is 32.2. The first kappa shape index (κ1) is 17.7. The van der Waals surface area contributed by atoms with Crippen LogP contribution in [0.15, 0.2) is 40.3 Å². The first-order valence-corrected chi connectivity index (χ1v) is 7.85. The molecule has 0 fully saturated rings. The monoisotopic (exact) mass is 349 g/mol. The van der Waals surface area contributed by atoms with Crippen LogP contribution in [0.2, 0.25) is 0 Å². The second-order valence-electron chi connectivity index (χ2n) is 4.91. The molecule has 1 N–H and O–H groups in total. The Labute approximate surface area is 141 Å². The van der Waals surface area contributed by atoms with E-state index in [-0.39, 0.29) is 22.9 Å². The van der Waals surface area contributed by atoms with Crippen LogP contribution in [-0.4, -0.2) is 28.0 Å². The highest BCUT2D eigenvalue weighted by molar-refractivity contribution is 7.99. The van der Waals surface area contributed by atoms with E-state index in [0.29, 0.717) is 10.9 Å². The average molecular weight is 349 g/mol. The average Bonchev–Trinajstić information content (AvgIpc) is 2.54. The van der Waals surface area contributed by atoms with E-state index in [9.17, 15) is 19.7 Å². The molecule has 0 saturated heterocycles. The number of non-ortho nitro benzene ring substituents is 1. The molecule has 1 atom stereocenters. The van der Waals surface area contributed by atoms with E-state index in [1.807, 2.05) is 6.92 Å². The van der Waals surface area contributed by atoms with E-state index < -0.39 is 10.9 Å². The second kappa shape index (κ2) is 7.73. The fourth-order valence-electron chi connectivity index (χ4n) is 1.98. The SMILES string of the molecule is COC(=O)Cc1cc(=O)[nH]c(S[C@@H](C)c2cccc([N+](=O)[O-])c2)n1. The molecule has 0 amide bonds. The molecule has 126 valence electrons. The molecule has 1 aromatic heterocycles. The van der Waals surface area contributed by atoms with Gasteiger partial charge in [0.25, 0.3) is 11.2 Å². The molecule has 0 bridgehead atoms. The molecule has 24 heavy (non-hydrogen) atoms. The van der Waals surface area contributed by atoms with Crippen molar-refractivity contribution >= 4 is 23.4 Å². The Morgan fingerprint density at radius 3 is 2.88 bits per heavy atom. The van der Waals surface area contributed by atoms with Crippen molar-refractivity contribution in [1.29, 1.82) is 0 Å². The molecule has 2 rings (SSSR count). The van der Waals surface area contributed by atoms with Gasteiger partial charge in [-0.15, -0.1) is 0 Å². The Kier molecular flexibility index (Phi) is 5.69. The van der Waals surface area contributed by atoms with Gasteiger partial charge >= 0.3 is 5.97 Å². The Balaban J connectivity index is 2.21. The Bertz CT molecular complexity index is 821. The summed E-state index contributed by atoms with van der Waals surface area (Å²) in [5.41, 5.74) is 0.660. The molecule has 2 aromatic rings. The van der Waals surface area contributed by atoms with Gasteiger partial charge < -0.3 is 9.72 Å². The number of rotatable bonds is 6. The van der Waals surface area contributed by atoms with Crippen molar-refractivity contribution in [1.82, 2.24) is 9.97 Å². The summed E-state index contributed by atoms with van der Waals surface area (Å²) < 4.78 is 4.56. The lowest BCUT2D eigenvalue weighted by atomic mass is 10.1. The highest BCUT2D eigenvalue weighted by Crippen LogP contribution is 2.33. The molecule has 0 aliphatic carbocycles. The molecule has 0 aliphatic heterocycles. The van der Waals surface area contributed by atoms with Crippen molar-refractivity contribution in [3.05, 3.63) is 62.1 Å². The summed E-state index contributed by atoms with van der Waals surface area (Å²) >= 11 is 1.24. The van der Waals surface area contributed by atoms with Crippen LogP contribution in [0.4, 0.5) is 5.69 Å². The van der Waals surface area contributed by atoms with Crippen LogP contribution in [0.5, 0.6) is 0 Å². The van der Waals surface area contributed by atoms with Crippen LogP contribution in [-0.2, 0) is 16.0 Å². The molecule has 0 radical (unpaired) electrons. The minimum Gasteiger partial charge on any atom is -0.469 e. The quantitative estimate of drug-likeness (QED) is 0.279. The zero-order valence-corrected chi connectivity index (χ0v) is 13.8. The summed E-state index contributed by atoms with van der Waals surface area (Å²) in [4.78, 5) is 40.2. The van der Waals surface area contributed by atoms with Gasteiger partial charge in [-0.3, -0.25) is 19.7 Å². The van der Waals surface area contributed by atoms with Crippen LogP contribution >= 0.6 is 11.8 Å². The van der Waals surface area contributed by atoms with Gasteiger partial charge in [0.2, 0.25) is 0 Å². The Morgan fingerprint density at radius 1 is 1.46 bits per heavy atom. The summed E-state index contributed by atoms with van der Waals surface area (Å²) in [5, 5.41) is 11.0. The summed E-state index contributed by atoms with van der Waals surface area (Å²) in [7, 11) is 1.26. The van der Waals surface area contributed by atoms with E-state index in [4.69, 9.17) is 0 Å². The second-order valence-corrected chi connectivity index (χ2v) is 6.24. The third-order valence-corrected chi connectivity index (χ3v) is 4.21. The number of carbonyl (C=O) groups is 1. The van der Waals surface area contributed by atoms with Crippen molar-refractivity contribution in [3.63, 3.8) is 0 Å². The summed E-state index contributed by atoms with van der Waals surface area (Å²) in [6, 6.07) is 7.50. The molecule has 8 nitrogen and oxygen atoms in total.